The van der Waals surface area contributed by atoms with Gasteiger partial charge in [0.05, 0.1) is 27.2 Å². The van der Waals surface area contributed by atoms with Crippen LogP contribution < -0.4 is 0 Å². The Kier molecular flexibility index (Phi) is 6.79. The summed E-state index contributed by atoms with van der Waals surface area (Å²) in [5, 5.41) is 0.546. The normalized spacial score (nSPS) is 17.0. The maximum Gasteiger partial charge on any atom is 0.338 e. The van der Waals surface area contributed by atoms with E-state index in [0.29, 0.717) is 44.9 Å². The van der Waals surface area contributed by atoms with Crippen molar-refractivity contribution in [2.75, 3.05) is 13.2 Å². The molecule has 1 aromatic carbocycles. The molecule has 1 amide bonds. The molecule has 2 heterocycles. The number of aliphatic imine (C=N–C) groups is 1. The average Bonchev–Trinajstić information content (AvgIpc) is 3.14. The van der Waals surface area contributed by atoms with Gasteiger partial charge in [-0.05, 0) is 81.7 Å². The van der Waals surface area contributed by atoms with Crippen molar-refractivity contribution in [2.24, 2.45) is 4.99 Å². The number of benzene rings is 1. The monoisotopic (exact) mass is 526 g/mol. The lowest BCUT2D eigenvalue weighted by Gasteiger charge is -2.12. The number of hydrogen-bond donors (Lipinski definition) is 0. The van der Waals surface area contributed by atoms with Crippen LogP contribution in [0.15, 0.2) is 53.8 Å². The number of carbonyl (C=O) groups is 2. The van der Waals surface area contributed by atoms with E-state index in [1.54, 1.807) is 48.2 Å². The predicted octanol–water partition coefficient (Wildman–Crippen LogP) is 5.61. The highest BCUT2D eigenvalue weighted by atomic mass is 79.9. The number of halogens is 2. The van der Waals surface area contributed by atoms with Crippen LogP contribution in [0.2, 0.25) is 0 Å². The molecule has 0 aliphatic carbocycles. The maximum atomic E-state index is 12.7. The van der Waals surface area contributed by atoms with Crippen molar-refractivity contribution in [1.82, 2.24) is 4.90 Å². The summed E-state index contributed by atoms with van der Waals surface area (Å²) in [4.78, 5) is 31.3. The second-order valence-electron chi connectivity index (χ2n) is 5.60. The first-order chi connectivity index (χ1) is 13.4. The summed E-state index contributed by atoms with van der Waals surface area (Å²) in [5.41, 5.74) is 0.992. The van der Waals surface area contributed by atoms with Gasteiger partial charge in [0.2, 0.25) is 0 Å². The van der Waals surface area contributed by atoms with Crippen molar-refractivity contribution in [3.05, 3.63) is 55.7 Å². The highest BCUT2D eigenvalue weighted by Crippen LogP contribution is 2.36. The second-order valence-corrected chi connectivity index (χ2v) is 8.18. The van der Waals surface area contributed by atoms with Crippen LogP contribution in [-0.2, 0) is 9.53 Å². The molecule has 0 saturated carbocycles. The van der Waals surface area contributed by atoms with Gasteiger partial charge in [-0.1, -0.05) is 6.07 Å². The maximum absolute atomic E-state index is 12.7. The number of furan rings is 1. The zero-order chi connectivity index (χ0) is 20.3. The Labute approximate surface area is 183 Å². The van der Waals surface area contributed by atoms with E-state index in [9.17, 15) is 9.59 Å². The molecular weight excluding hydrogens is 512 g/mol. The summed E-state index contributed by atoms with van der Waals surface area (Å²) in [6, 6.07) is 8.60. The number of esters is 1. The van der Waals surface area contributed by atoms with E-state index in [1.165, 1.54) is 11.8 Å². The van der Waals surface area contributed by atoms with Gasteiger partial charge in [0.25, 0.3) is 5.91 Å². The Morgan fingerprint density at radius 1 is 1.32 bits per heavy atom. The number of likely N-dealkylation sites (N-methyl/N-ethyl adjacent to an activating group) is 1. The molecule has 1 saturated heterocycles. The first kappa shape index (κ1) is 20.9. The van der Waals surface area contributed by atoms with Gasteiger partial charge in [-0.25, -0.2) is 9.79 Å². The second kappa shape index (κ2) is 9.11. The third kappa shape index (κ3) is 4.59. The molecule has 0 spiro atoms. The molecule has 0 bridgehead atoms. The van der Waals surface area contributed by atoms with Crippen molar-refractivity contribution in [3.63, 3.8) is 0 Å². The van der Waals surface area contributed by atoms with Crippen LogP contribution in [0.5, 0.6) is 0 Å². The summed E-state index contributed by atoms with van der Waals surface area (Å²) in [6.45, 7) is 4.42. The van der Waals surface area contributed by atoms with Crippen LogP contribution in [0.1, 0.15) is 30.0 Å². The number of amides is 1. The molecule has 0 radical (unpaired) electrons. The first-order valence-electron chi connectivity index (χ1n) is 8.45. The van der Waals surface area contributed by atoms with E-state index >= 15 is 0 Å². The van der Waals surface area contributed by atoms with Crippen molar-refractivity contribution < 1.29 is 18.7 Å². The standard InChI is InChI=1S/C19H16Br2N2O4S/c1-3-23-17(24)15(10-13-9-14(20)16(21)27-13)28-19(23)22-12-7-5-6-11(8-12)18(25)26-4-2/h5-10H,3-4H2,1-2H3. The van der Waals surface area contributed by atoms with Gasteiger partial charge in [0, 0.05) is 12.6 Å². The summed E-state index contributed by atoms with van der Waals surface area (Å²) in [6.07, 6.45) is 1.68. The number of hydrogen-bond acceptors (Lipinski definition) is 6. The van der Waals surface area contributed by atoms with Crippen molar-refractivity contribution in [2.45, 2.75) is 13.8 Å². The Bertz CT molecular complexity index is 965. The molecule has 2 aromatic rings. The molecular formula is C19H16Br2N2O4S. The van der Waals surface area contributed by atoms with Crippen LogP contribution >= 0.6 is 43.6 Å². The van der Waals surface area contributed by atoms with Gasteiger partial charge >= 0.3 is 5.97 Å². The van der Waals surface area contributed by atoms with E-state index in [1.807, 2.05) is 6.92 Å². The van der Waals surface area contributed by atoms with E-state index in [-0.39, 0.29) is 5.91 Å². The lowest BCUT2D eigenvalue weighted by molar-refractivity contribution is -0.122. The highest BCUT2D eigenvalue weighted by molar-refractivity contribution is 9.13. The minimum Gasteiger partial charge on any atom is -0.462 e. The SMILES string of the molecule is CCOC(=O)c1cccc(N=C2SC(=Cc3cc(Br)c(Br)o3)C(=O)N2CC)c1. The highest BCUT2D eigenvalue weighted by Gasteiger charge is 2.32. The predicted molar refractivity (Wildman–Crippen MR) is 117 cm³/mol. The number of thioether (sulfide) groups is 1. The molecule has 0 N–H and O–H groups in total. The van der Waals surface area contributed by atoms with E-state index in [2.05, 4.69) is 36.9 Å². The topological polar surface area (TPSA) is 72.1 Å². The summed E-state index contributed by atoms with van der Waals surface area (Å²) in [5.74, 6) is 0.00857. The Morgan fingerprint density at radius 3 is 2.75 bits per heavy atom. The fourth-order valence-corrected chi connectivity index (χ4v) is 4.11. The summed E-state index contributed by atoms with van der Waals surface area (Å²) in [7, 11) is 0. The van der Waals surface area contributed by atoms with Gasteiger partial charge in [-0.2, -0.15) is 0 Å². The van der Waals surface area contributed by atoms with Crippen LogP contribution in [0.25, 0.3) is 6.08 Å². The fraction of sp³-hybridized carbons (Fsp3) is 0.211. The zero-order valence-corrected chi connectivity index (χ0v) is 19.1. The first-order valence-corrected chi connectivity index (χ1v) is 10.8. The van der Waals surface area contributed by atoms with Crippen molar-refractivity contribution in [1.29, 1.82) is 0 Å². The fourth-order valence-electron chi connectivity index (χ4n) is 2.46. The molecule has 1 aromatic heterocycles. The molecule has 1 fully saturated rings. The van der Waals surface area contributed by atoms with Crippen molar-refractivity contribution in [3.8, 4) is 0 Å². The minimum absolute atomic E-state index is 0.142. The Hall–Kier alpha value is -1.84. The number of rotatable bonds is 5. The molecule has 0 atom stereocenters. The summed E-state index contributed by atoms with van der Waals surface area (Å²) >= 11 is 7.90. The van der Waals surface area contributed by atoms with Gasteiger partial charge < -0.3 is 9.15 Å². The van der Waals surface area contributed by atoms with Gasteiger partial charge in [0.15, 0.2) is 9.84 Å². The van der Waals surface area contributed by atoms with Crippen LogP contribution in [-0.4, -0.2) is 35.1 Å². The van der Waals surface area contributed by atoms with Crippen LogP contribution in [0, 0.1) is 0 Å². The molecule has 28 heavy (non-hydrogen) atoms. The number of ether oxygens (including phenoxy) is 1. The van der Waals surface area contributed by atoms with Gasteiger partial charge in [-0.3, -0.25) is 9.69 Å². The lowest BCUT2D eigenvalue weighted by atomic mass is 10.2. The average molecular weight is 528 g/mol. The molecule has 3 rings (SSSR count). The van der Waals surface area contributed by atoms with Crippen LogP contribution in [0.3, 0.4) is 0 Å². The van der Waals surface area contributed by atoms with E-state index < -0.39 is 5.97 Å². The molecule has 1 aliphatic rings. The quantitative estimate of drug-likeness (QED) is 0.373. The zero-order valence-electron chi connectivity index (χ0n) is 15.1. The van der Waals surface area contributed by atoms with E-state index in [0.717, 1.165) is 4.47 Å². The Balaban J connectivity index is 1.90. The molecule has 0 unspecified atom stereocenters. The third-order valence-electron chi connectivity index (χ3n) is 3.72. The number of nitrogens with zero attached hydrogens (tertiary/aromatic N) is 2. The summed E-state index contributed by atoms with van der Waals surface area (Å²) < 4.78 is 11.9. The third-order valence-corrected chi connectivity index (χ3v) is 6.44. The van der Waals surface area contributed by atoms with Crippen LogP contribution in [0.4, 0.5) is 5.69 Å². The van der Waals surface area contributed by atoms with Gasteiger partial charge in [0.1, 0.15) is 5.76 Å². The molecule has 146 valence electrons. The number of carbonyl (C=O) groups excluding carboxylic acids is 2. The van der Waals surface area contributed by atoms with Crippen molar-refractivity contribution >= 4 is 72.4 Å². The largest absolute Gasteiger partial charge is 0.462 e. The smallest absolute Gasteiger partial charge is 0.338 e. The Morgan fingerprint density at radius 2 is 2.11 bits per heavy atom. The lowest BCUT2D eigenvalue weighted by Crippen LogP contribution is -2.28. The molecule has 9 heteroatoms. The minimum atomic E-state index is -0.401. The molecule has 1 aliphatic heterocycles. The van der Waals surface area contributed by atoms with Gasteiger partial charge in [-0.15, -0.1) is 0 Å². The number of amidine groups is 1. The van der Waals surface area contributed by atoms with E-state index in [4.69, 9.17) is 9.15 Å². The molecule has 6 nitrogen and oxygen atoms in total.